The molecule has 1 aromatic carbocycles. The van der Waals surface area contributed by atoms with Crippen LogP contribution in [0.4, 0.5) is 13.2 Å². The Balaban J connectivity index is 2.30. The number of hydrogen-bond acceptors (Lipinski definition) is 3. The lowest BCUT2D eigenvalue weighted by molar-refractivity contribution is -0.137. The van der Waals surface area contributed by atoms with Crippen LogP contribution in [0.2, 0.25) is 0 Å². The van der Waals surface area contributed by atoms with Crippen molar-refractivity contribution in [1.29, 1.82) is 0 Å². The summed E-state index contributed by atoms with van der Waals surface area (Å²) in [5.74, 6) is 0.365. The number of hydrogen-bond donors (Lipinski definition) is 1. The molecule has 0 radical (unpaired) electrons. The lowest BCUT2D eigenvalue weighted by Crippen LogP contribution is -2.08. The third-order valence-electron chi connectivity index (χ3n) is 2.64. The fraction of sp³-hybridized carbons (Fsp3) is 0.214. The summed E-state index contributed by atoms with van der Waals surface area (Å²) in [6.45, 7) is 0.487. The predicted molar refractivity (Wildman–Crippen MR) is 76.2 cm³/mol. The van der Waals surface area contributed by atoms with Crippen molar-refractivity contribution in [1.82, 2.24) is 10.3 Å². The zero-order valence-electron chi connectivity index (χ0n) is 11.0. The van der Waals surface area contributed by atoms with E-state index in [1.807, 2.05) is 0 Å². The first-order valence-corrected chi connectivity index (χ1v) is 6.83. The summed E-state index contributed by atoms with van der Waals surface area (Å²) < 4.78 is 44.3. The molecule has 0 aliphatic rings. The first-order valence-electron chi connectivity index (χ1n) is 6.04. The Morgan fingerprint density at radius 2 is 2.05 bits per heavy atom. The topological polar surface area (TPSA) is 34.2 Å². The Kier molecular flexibility index (Phi) is 4.84. The van der Waals surface area contributed by atoms with Crippen LogP contribution in [0, 0.1) is 0 Å². The number of benzene rings is 1. The number of ether oxygens (including phenoxy) is 1. The fourth-order valence-electron chi connectivity index (χ4n) is 1.73. The van der Waals surface area contributed by atoms with Crippen LogP contribution in [-0.4, -0.2) is 12.0 Å². The van der Waals surface area contributed by atoms with Gasteiger partial charge in [0.15, 0.2) is 0 Å². The van der Waals surface area contributed by atoms with Crippen LogP contribution in [-0.2, 0) is 12.7 Å². The summed E-state index contributed by atoms with van der Waals surface area (Å²) in [7, 11) is 1.76. The van der Waals surface area contributed by atoms with Gasteiger partial charge in [0.25, 0.3) is 0 Å². The molecule has 0 saturated carbocycles. The molecule has 21 heavy (non-hydrogen) atoms. The molecule has 0 spiro atoms. The third kappa shape index (κ3) is 4.18. The maximum atomic E-state index is 12.7. The van der Waals surface area contributed by atoms with E-state index >= 15 is 0 Å². The molecule has 1 heterocycles. The van der Waals surface area contributed by atoms with Gasteiger partial charge in [-0.05, 0) is 47.2 Å². The molecule has 0 saturated heterocycles. The lowest BCUT2D eigenvalue weighted by atomic mass is 10.2. The van der Waals surface area contributed by atoms with Crippen LogP contribution in [0.3, 0.4) is 0 Å². The number of rotatable bonds is 4. The van der Waals surface area contributed by atoms with Crippen molar-refractivity contribution < 1.29 is 17.9 Å². The van der Waals surface area contributed by atoms with Crippen LogP contribution >= 0.6 is 15.9 Å². The maximum Gasteiger partial charge on any atom is 0.416 e. The Hall–Kier alpha value is -1.60. The molecule has 0 atom stereocenters. The molecule has 7 heteroatoms. The van der Waals surface area contributed by atoms with E-state index in [1.54, 1.807) is 13.1 Å². The van der Waals surface area contributed by atoms with Gasteiger partial charge >= 0.3 is 6.18 Å². The standard InChI is InChI=1S/C14H12BrF3N2O/c1-19-7-9-5-11(15)8-20-13(9)21-12-4-2-3-10(6-12)14(16,17)18/h2-6,8,19H,7H2,1H3. The maximum absolute atomic E-state index is 12.7. The summed E-state index contributed by atoms with van der Waals surface area (Å²) >= 11 is 3.29. The number of aromatic nitrogens is 1. The van der Waals surface area contributed by atoms with Crippen molar-refractivity contribution in [3.8, 4) is 11.6 Å². The van der Waals surface area contributed by atoms with Gasteiger partial charge in [0.05, 0.1) is 5.56 Å². The molecule has 0 aliphatic carbocycles. The van der Waals surface area contributed by atoms with E-state index in [0.29, 0.717) is 6.54 Å². The van der Waals surface area contributed by atoms with E-state index < -0.39 is 11.7 Å². The Bertz CT molecular complexity index is 632. The second kappa shape index (κ2) is 6.44. The summed E-state index contributed by atoms with van der Waals surface area (Å²) in [4.78, 5) is 4.09. The molecule has 2 aromatic rings. The molecule has 0 aliphatic heterocycles. The number of pyridine rings is 1. The van der Waals surface area contributed by atoms with E-state index in [0.717, 1.165) is 22.2 Å². The van der Waals surface area contributed by atoms with Crippen LogP contribution in [0.1, 0.15) is 11.1 Å². The number of nitrogens with zero attached hydrogens (tertiary/aromatic N) is 1. The second-order valence-corrected chi connectivity index (χ2v) is 5.19. The first-order chi connectivity index (χ1) is 9.90. The highest BCUT2D eigenvalue weighted by atomic mass is 79.9. The smallest absolute Gasteiger partial charge is 0.416 e. The molecule has 3 nitrogen and oxygen atoms in total. The van der Waals surface area contributed by atoms with Gasteiger partial charge in [-0.25, -0.2) is 4.98 Å². The van der Waals surface area contributed by atoms with Gasteiger partial charge in [0.2, 0.25) is 5.88 Å². The molecule has 1 aromatic heterocycles. The molecule has 112 valence electrons. The highest BCUT2D eigenvalue weighted by molar-refractivity contribution is 9.10. The largest absolute Gasteiger partial charge is 0.439 e. The van der Waals surface area contributed by atoms with Crippen molar-refractivity contribution in [3.63, 3.8) is 0 Å². The van der Waals surface area contributed by atoms with Gasteiger partial charge < -0.3 is 10.1 Å². The molecule has 0 amide bonds. The van der Waals surface area contributed by atoms with E-state index in [-0.39, 0.29) is 11.6 Å². The van der Waals surface area contributed by atoms with Gasteiger partial charge in [-0.15, -0.1) is 0 Å². The van der Waals surface area contributed by atoms with Crippen molar-refractivity contribution in [2.75, 3.05) is 7.05 Å². The number of nitrogens with one attached hydrogen (secondary N) is 1. The minimum atomic E-state index is -4.40. The Labute approximate surface area is 128 Å². The first kappa shape index (κ1) is 15.8. The van der Waals surface area contributed by atoms with Crippen LogP contribution < -0.4 is 10.1 Å². The molecule has 2 rings (SSSR count). The van der Waals surface area contributed by atoms with Gasteiger partial charge in [0, 0.05) is 22.8 Å². The summed E-state index contributed by atoms with van der Waals surface area (Å²) in [6.07, 6.45) is -2.87. The van der Waals surface area contributed by atoms with Crippen molar-refractivity contribution in [2.45, 2.75) is 12.7 Å². The Morgan fingerprint density at radius 1 is 1.29 bits per heavy atom. The molecule has 0 fully saturated rings. The van der Waals surface area contributed by atoms with Crippen LogP contribution in [0.25, 0.3) is 0 Å². The lowest BCUT2D eigenvalue weighted by Gasteiger charge is -2.12. The quantitative estimate of drug-likeness (QED) is 0.878. The van der Waals surface area contributed by atoms with E-state index in [9.17, 15) is 13.2 Å². The van der Waals surface area contributed by atoms with Gasteiger partial charge in [-0.2, -0.15) is 13.2 Å². The monoisotopic (exact) mass is 360 g/mol. The Morgan fingerprint density at radius 3 is 2.71 bits per heavy atom. The SMILES string of the molecule is CNCc1cc(Br)cnc1Oc1cccc(C(F)(F)F)c1. The summed E-state index contributed by atoms with van der Waals surface area (Å²) in [5.41, 5.74) is -0.0171. The van der Waals surface area contributed by atoms with Crippen molar-refractivity contribution in [3.05, 3.63) is 52.1 Å². The van der Waals surface area contributed by atoms with Gasteiger partial charge in [-0.1, -0.05) is 6.07 Å². The molecular weight excluding hydrogens is 349 g/mol. The third-order valence-corrected chi connectivity index (χ3v) is 3.07. The van der Waals surface area contributed by atoms with E-state index in [2.05, 4.69) is 26.2 Å². The minimum absolute atomic E-state index is 0.0944. The second-order valence-electron chi connectivity index (χ2n) is 4.28. The number of alkyl halides is 3. The van der Waals surface area contributed by atoms with Crippen molar-refractivity contribution in [2.24, 2.45) is 0 Å². The molecule has 1 N–H and O–H groups in total. The fourth-order valence-corrected chi connectivity index (χ4v) is 2.10. The average Bonchev–Trinajstić information content (AvgIpc) is 2.42. The molecule has 0 bridgehead atoms. The zero-order valence-corrected chi connectivity index (χ0v) is 12.6. The minimum Gasteiger partial charge on any atom is -0.439 e. The van der Waals surface area contributed by atoms with E-state index in [1.165, 1.54) is 18.3 Å². The van der Waals surface area contributed by atoms with Crippen LogP contribution in [0.15, 0.2) is 41.0 Å². The zero-order chi connectivity index (χ0) is 15.5. The number of halogens is 4. The molecular formula is C14H12BrF3N2O. The summed E-state index contributed by atoms with van der Waals surface area (Å²) in [6, 6.07) is 6.51. The van der Waals surface area contributed by atoms with E-state index in [4.69, 9.17) is 4.74 Å². The molecule has 0 unspecified atom stereocenters. The normalized spacial score (nSPS) is 11.5. The average molecular weight is 361 g/mol. The van der Waals surface area contributed by atoms with Crippen LogP contribution in [0.5, 0.6) is 11.6 Å². The van der Waals surface area contributed by atoms with Gasteiger partial charge in [-0.3, -0.25) is 0 Å². The predicted octanol–water partition coefficient (Wildman–Crippen LogP) is 4.37. The van der Waals surface area contributed by atoms with Gasteiger partial charge in [0.1, 0.15) is 5.75 Å². The highest BCUT2D eigenvalue weighted by Gasteiger charge is 2.30. The summed E-state index contributed by atoms with van der Waals surface area (Å²) in [5, 5.41) is 2.95. The highest BCUT2D eigenvalue weighted by Crippen LogP contribution is 2.33. The van der Waals surface area contributed by atoms with Crippen molar-refractivity contribution >= 4 is 15.9 Å².